The van der Waals surface area contributed by atoms with Gasteiger partial charge in [-0.15, -0.1) is 0 Å². The number of amidine groups is 1. The predicted molar refractivity (Wildman–Crippen MR) is 82.8 cm³/mol. The molecule has 8 nitrogen and oxygen atoms in total. The highest BCUT2D eigenvalue weighted by atomic mass is 32.2. The standard InChI is InChI=1S/C13H23N3O5S/c1-4-16(5-2)13(19)20-6-7-9(17)10(18)8-11(21-7)22-12(14-3)15-8/h7-11,17-18H,4-6H2,1-3H3,(H,14,15)/t7-,8-,9-,10-,11-/m1/s1. The van der Waals surface area contributed by atoms with Crippen LogP contribution in [0.15, 0.2) is 4.99 Å². The van der Waals surface area contributed by atoms with Gasteiger partial charge in [-0.3, -0.25) is 4.99 Å². The molecule has 1 amide bonds. The van der Waals surface area contributed by atoms with Gasteiger partial charge in [0.2, 0.25) is 0 Å². The summed E-state index contributed by atoms with van der Waals surface area (Å²) in [4.78, 5) is 17.6. The predicted octanol–water partition coefficient (Wildman–Crippen LogP) is -0.398. The molecule has 3 N–H and O–H groups in total. The molecule has 1 fully saturated rings. The first-order chi connectivity index (χ1) is 10.5. The van der Waals surface area contributed by atoms with E-state index in [4.69, 9.17) is 9.47 Å². The van der Waals surface area contributed by atoms with E-state index >= 15 is 0 Å². The van der Waals surface area contributed by atoms with Gasteiger partial charge in [-0.2, -0.15) is 0 Å². The molecule has 9 heteroatoms. The third-order valence-corrected chi connectivity index (χ3v) is 4.92. The minimum Gasteiger partial charge on any atom is -0.447 e. The zero-order valence-corrected chi connectivity index (χ0v) is 13.7. The smallest absolute Gasteiger partial charge is 0.409 e. The summed E-state index contributed by atoms with van der Waals surface area (Å²) >= 11 is 1.35. The van der Waals surface area contributed by atoms with Crippen molar-refractivity contribution in [3.05, 3.63) is 0 Å². The van der Waals surface area contributed by atoms with E-state index in [2.05, 4.69) is 10.3 Å². The van der Waals surface area contributed by atoms with Crippen molar-refractivity contribution < 1.29 is 24.5 Å². The zero-order valence-electron chi connectivity index (χ0n) is 12.9. The number of aliphatic hydroxyl groups excluding tert-OH is 2. The van der Waals surface area contributed by atoms with Crippen LogP contribution in [0.3, 0.4) is 0 Å². The lowest BCUT2D eigenvalue weighted by Crippen LogP contribution is -2.56. The van der Waals surface area contributed by atoms with Crippen molar-refractivity contribution in [3.63, 3.8) is 0 Å². The number of aliphatic hydroxyl groups is 2. The van der Waals surface area contributed by atoms with E-state index in [1.165, 1.54) is 16.7 Å². The molecule has 2 aliphatic heterocycles. The summed E-state index contributed by atoms with van der Waals surface area (Å²) < 4.78 is 10.9. The minimum atomic E-state index is -1.15. The van der Waals surface area contributed by atoms with Crippen LogP contribution >= 0.6 is 11.8 Å². The van der Waals surface area contributed by atoms with Crippen LogP contribution in [0.2, 0.25) is 0 Å². The molecule has 22 heavy (non-hydrogen) atoms. The fourth-order valence-corrected chi connectivity index (χ4v) is 3.49. The van der Waals surface area contributed by atoms with Crippen LogP contribution in [-0.2, 0) is 9.47 Å². The molecule has 0 aliphatic carbocycles. The first-order valence-electron chi connectivity index (χ1n) is 7.37. The average Bonchev–Trinajstić information content (AvgIpc) is 2.94. The SMILES string of the molecule is CCN(CC)C(=O)OC[C@H]1O[C@@H]2SC(NC)=N[C@@H]2[C@@H](O)[C@@H]1O. The van der Waals surface area contributed by atoms with E-state index in [-0.39, 0.29) is 6.61 Å². The molecule has 0 aromatic rings. The quantitative estimate of drug-likeness (QED) is 0.643. The molecule has 0 radical (unpaired) electrons. The van der Waals surface area contributed by atoms with E-state index in [1.54, 1.807) is 7.05 Å². The van der Waals surface area contributed by atoms with E-state index in [0.717, 1.165) is 0 Å². The molecule has 2 heterocycles. The van der Waals surface area contributed by atoms with Crippen LogP contribution in [0, 0.1) is 0 Å². The number of hydrogen-bond donors (Lipinski definition) is 3. The second kappa shape index (κ2) is 7.49. The van der Waals surface area contributed by atoms with Gasteiger partial charge in [0, 0.05) is 20.1 Å². The Labute approximate surface area is 133 Å². The third kappa shape index (κ3) is 3.48. The Hall–Kier alpha value is -1.03. The summed E-state index contributed by atoms with van der Waals surface area (Å²) in [5.41, 5.74) is -0.391. The van der Waals surface area contributed by atoms with E-state index in [9.17, 15) is 15.0 Å². The van der Waals surface area contributed by atoms with Gasteiger partial charge in [-0.25, -0.2) is 4.79 Å². The van der Waals surface area contributed by atoms with Gasteiger partial charge >= 0.3 is 6.09 Å². The number of thioether (sulfide) groups is 1. The van der Waals surface area contributed by atoms with Gasteiger partial charge in [0.05, 0.1) is 0 Å². The molecule has 126 valence electrons. The van der Waals surface area contributed by atoms with Crippen LogP contribution < -0.4 is 5.32 Å². The summed E-state index contributed by atoms with van der Waals surface area (Å²) in [7, 11) is 1.73. The molecule has 2 rings (SSSR count). The molecule has 0 aromatic carbocycles. The summed E-state index contributed by atoms with van der Waals surface area (Å²) in [6.07, 6.45) is -3.42. The lowest BCUT2D eigenvalue weighted by Gasteiger charge is -2.38. The largest absolute Gasteiger partial charge is 0.447 e. The average molecular weight is 333 g/mol. The van der Waals surface area contributed by atoms with E-state index < -0.39 is 35.9 Å². The summed E-state index contributed by atoms with van der Waals surface area (Å²) in [6, 6.07) is -0.516. The third-order valence-electron chi connectivity index (χ3n) is 3.77. The Kier molecular flexibility index (Phi) is 5.90. The Bertz CT molecular complexity index is 432. The highest BCUT2D eigenvalue weighted by molar-refractivity contribution is 8.14. The number of ether oxygens (including phenoxy) is 2. The number of nitrogens with zero attached hydrogens (tertiary/aromatic N) is 2. The number of aliphatic imine (C=N–C) groups is 1. The summed E-state index contributed by atoms with van der Waals surface area (Å²) in [6.45, 7) is 4.71. The fraction of sp³-hybridized carbons (Fsp3) is 0.846. The molecule has 0 saturated carbocycles. The zero-order chi connectivity index (χ0) is 16.3. The number of amides is 1. The Morgan fingerprint density at radius 2 is 2.09 bits per heavy atom. The lowest BCUT2D eigenvalue weighted by atomic mass is 9.99. The van der Waals surface area contributed by atoms with Gasteiger partial charge < -0.3 is 29.9 Å². The Balaban J connectivity index is 1.92. The molecular weight excluding hydrogens is 310 g/mol. The number of nitrogens with one attached hydrogen (secondary N) is 1. The first kappa shape index (κ1) is 17.3. The normalized spacial score (nSPS) is 33.9. The van der Waals surface area contributed by atoms with E-state index in [1.807, 2.05) is 13.8 Å². The van der Waals surface area contributed by atoms with Gasteiger partial charge in [-0.05, 0) is 13.8 Å². The Morgan fingerprint density at radius 1 is 1.41 bits per heavy atom. The number of hydrogen-bond acceptors (Lipinski definition) is 8. The number of carbonyl (C=O) groups is 1. The van der Waals surface area contributed by atoms with Gasteiger partial charge in [0.25, 0.3) is 0 Å². The maximum absolute atomic E-state index is 11.8. The highest BCUT2D eigenvalue weighted by Crippen LogP contribution is 2.35. The van der Waals surface area contributed by atoms with Crippen molar-refractivity contribution in [1.82, 2.24) is 10.2 Å². The molecule has 0 unspecified atom stereocenters. The fourth-order valence-electron chi connectivity index (χ4n) is 2.41. The minimum absolute atomic E-state index is 0.105. The molecule has 2 aliphatic rings. The lowest BCUT2D eigenvalue weighted by molar-refractivity contribution is -0.165. The number of carbonyl (C=O) groups excluding carboxylic acids is 1. The van der Waals surface area contributed by atoms with Crippen molar-refractivity contribution in [2.45, 2.75) is 43.6 Å². The topological polar surface area (TPSA) is 104 Å². The van der Waals surface area contributed by atoms with Gasteiger partial charge in [0.15, 0.2) is 5.17 Å². The second-order valence-electron chi connectivity index (χ2n) is 5.07. The van der Waals surface area contributed by atoms with Crippen LogP contribution in [0.25, 0.3) is 0 Å². The van der Waals surface area contributed by atoms with Crippen molar-refractivity contribution in [2.75, 3.05) is 26.7 Å². The molecule has 0 spiro atoms. The molecule has 1 saturated heterocycles. The summed E-state index contributed by atoms with van der Waals surface area (Å²) in [5, 5.41) is 23.9. The number of fused-ring (bicyclic) bond motifs is 1. The Morgan fingerprint density at radius 3 is 2.68 bits per heavy atom. The molecule has 0 aromatic heterocycles. The molecule has 5 atom stereocenters. The van der Waals surface area contributed by atoms with E-state index in [0.29, 0.717) is 18.3 Å². The van der Waals surface area contributed by atoms with Crippen molar-refractivity contribution in [2.24, 2.45) is 4.99 Å². The van der Waals surface area contributed by atoms with Gasteiger partial charge in [0.1, 0.15) is 36.4 Å². The molecular formula is C13H23N3O5S. The van der Waals surface area contributed by atoms with Crippen LogP contribution in [0.4, 0.5) is 4.79 Å². The second-order valence-corrected chi connectivity index (χ2v) is 6.15. The molecule has 0 bridgehead atoms. The van der Waals surface area contributed by atoms with Crippen molar-refractivity contribution >= 4 is 23.0 Å². The van der Waals surface area contributed by atoms with Crippen molar-refractivity contribution in [1.29, 1.82) is 0 Å². The van der Waals surface area contributed by atoms with Crippen LogP contribution in [0.5, 0.6) is 0 Å². The summed E-state index contributed by atoms with van der Waals surface area (Å²) in [5.74, 6) is 0. The monoisotopic (exact) mass is 333 g/mol. The number of rotatable bonds is 4. The van der Waals surface area contributed by atoms with Crippen LogP contribution in [0.1, 0.15) is 13.8 Å². The van der Waals surface area contributed by atoms with Crippen molar-refractivity contribution in [3.8, 4) is 0 Å². The highest BCUT2D eigenvalue weighted by Gasteiger charge is 2.48. The first-order valence-corrected chi connectivity index (χ1v) is 8.25. The van der Waals surface area contributed by atoms with Gasteiger partial charge in [-0.1, -0.05) is 11.8 Å². The maximum atomic E-state index is 11.8. The maximum Gasteiger partial charge on any atom is 0.409 e. The van der Waals surface area contributed by atoms with Crippen LogP contribution in [-0.4, -0.2) is 82.9 Å².